The summed E-state index contributed by atoms with van der Waals surface area (Å²) < 4.78 is 6.52. The first-order chi connectivity index (χ1) is 9.63. The maximum atomic E-state index is 12.3. The predicted octanol–water partition coefficient (Wildman–Crippen LogP) is 1.60. The van der Waals surface area contributed by atoms with Gasteiger partial charge >= 0.3 is 0 Å². The zero-order valence-electron chi connectivity index (χ0n) is 11.6. The summed E-state index contributed by atoms with van der Waals surface area (Å²) in [6.45, 7) is 4.51. The fraction of sp³-hybridized carbons (Fsp3) is 0.500. The van der Waals surface area contributed by atoms with E-state index in [1.54, 1.807) is 0 Å². The Morgan fingerprint density at radius 1 is 1.60 bits per heavy atom. The van der Waals surface area contributed by atoms with Gasteiger partial charge in [0, 0.05) is 22.3 Å². The Kier molecular flexibility index (Phi) is 5.47. The molecule has 0 radical (unpaired) electrons. The summed E-state index contributed by atoms with van der Waals surface area (Å²) in [5.41, 5.74) is 7.57. The molecule has 1 aliphatic rings. The molecule has 0 spiro atoms. The molecule has 1 aromatic rings. The number of anilines is 2. The highest BCUT2D eigenvalue weighted by Crippen LogP contribution is 2.27. The number of hydrogen-bond acceptors (Lipinski definition) is 4. The third kappa shape index (κ3) is 3.54. The maximum absolute atomic E-state index is 12.3. The van der Waals surface area contributed by atoms with Gasteiger partial charge in [-0.25, -0.2) is 0 Å². The van der Waals surface area contributed by atoms with E-state index in [4.69, 9.17) is 10.5 Å². The molecule has 1 saturated heterocycles. The molecule has 3 N–H and O–H groups in total. The summed E-state index contributed by atoms with van der Waals surface area (Å²) in [6, 6.07) is 5.50. The Morgan fingerprint density at radius 2 is 2.40 bits per heavy atom. The van der Waals surface area contributed by atoms with E-state index in [-0.39, 0.29) is 11.9 Å². The van der Waals surface area contributed by atoms with Crippen LogP contribution in [0, 0.1) is 3.57 Å². The number of carbonyl (C=O) groups is 1. The average Bonchev–Trinajstić information content (AvgIpc) is 2.45. The second-order valence-corrected chi connectivity index (χ2v) is 5.95. The third-order valence-corrected chi connectivity index (χ3v) is 4.13. The highest BCUT2D eigenvalue weighted by Gasteiger charge is 2.30. The monoisotopic (exact) mass is 389 g/mol. The zero-order chi connectivity index (χ0) is 14.5. The molecular formula is C14H20IN3O2. The number of carbonyl (C=O) groups excluding carboxylic acids is 1. The van der Waals surface area contributed by atoms with Crippen LogP contribution in [0.4, 0.5) is 11.4 Å². The Hall–Kier alpha value is -1.02. The van der Waals surface area contributed by atoms with Crippen molar-refractivity contribution in [1.29, 1.82) is 0 Å². The second kappa shape index (κ2) is 7.12. The molecular weight excluding hydrogens is 369 g/mol. The topological polar surface area (TPSA) is 67.6 Å². The van der Waals surface area contributed by atoms with Gasteiger partial charge in [-0.2, -0.15) is 0 Å². The summed E-state index contributed by atoms with van der Waals surface area (Å²) >= 11 is 2.26. The van der Waals surface area contributed by atoms with E-state index < -0.39 is 0 Å². The largest absolute Gasteiger partial charge is 0.399 e. The minimum absolute atomic E-state index is 0.0270. The minimum Gasteiger partial charge on any atom is -0.399 e. The van der Waals surface area contributed by atoms with Crippen LogP contribution in [0.2, 0.25) is 0 Å². The van der Waals surface area contributed by atoms with Gasteiger partial charge in [0.15, 0.2) is 0 Å². The van der Waals surface area contributed by atoms with Crippen molar-refractivity contribution in [1.82, 2.24) is 5.32 Å². The molecule has 0 aliphatic carbocycles. The highest BCUT2D eigenvalue weighted by molar-refractivity contribution is 14.1. The number of amides is 1. The summed E-state index contributed by atoms with van der Waals surface area (Å²) in [7, 11) is 0. The van der Waals surface area contributed by atoms with Gasteiger partial charge in [-0.1, -0.05) is 6.92 Å². The van der Waals surface area contributed by atoms with Crippen molar-refractivity contribution in [3.63, 3.8) is 0 Å². The number of benzene rings is 1. The number of halogens is 1. The number of nitrogen functional groups attached to an aromatic ring is 1. The van der Waals surface area contributed by atoms with Crippen molar-refractivity contribution in [2.75, 3.05) is 36.9 Å². The number of rotatable bonds is 4. The summed E-state index contributed by atoms with van der Waals surface area (Å²) in [4.78, 5) is 14.4. The van der Waals surface area contributed by atoms with E-state index in [0.29, 0.717) is 26.3 Å². The highest BCUT2D eigenvalue weighted by atomic mass is 127. The van der Waals surface area contributed by atoms with Crippen LogP contribution in [0.3, 0.4) is 0 Å². The Morgan fingerprint density at radius 3 is 3.10 bits per heavy atom. The molecule has 1 fully saturated rings. The van der Waals surface area contributed by atoms with E-state index in [1.807, 2.05) is 25.1 Å². The number of morpholine rings is 1. The van der Waals surface area contributed by atoms with E-state index in [0.717, 1.165) is 21.4 Å². The van der Waals surface area contributed by atoms with Crippen LogP contribution in [0.5, 0.6) is 0 Å². The summed E-state index contributed by atoms with van der Waals surface area (Å²) in [5, 5.41) is 2.94. The molecule has 5 nitrogen and oxygen atoms in total. The summed E-state index contributed by atoms with van der Waals surface area (Å²) in [6.07, 6.45) is 0.929. The molecule has 110 valence electrons. The number of nitrogens with zero attached hydrogens (tertiary/aromatic N) is 1. The van der Waals surface area contributed by atoms with Gasteiger partial charge in [0.2, 0.25) is 5.91 Å². The van der Waals surface area contributed by atoms with Crippen LogP contribution in [0.1, 0.15) is 13.3 Å². The number of ether oxygens (including phenoxy) is 1. The quantitative estimate of drug-likeness (QED) is 0.607. The van der Waals surface area contributed by atoms with Crippen molar-refractivity contribution in [3.05, 3.63) is 21.8 Å². The lowest BCUT2D eigenvalue weighted by Gasteiger charge is -2.37. The van der Waals surface area contributed by atoms with Crippen molar-refractivity contribution >= 4 is 39.9 Å². The van der Waals surface area contributed by atoms with Crippen LogP contribution in [-0.2, 0) is 9.53 Å². The van der Waals surface area contributed by atoms with E-state index in [9.17, 15) is 4.79 Å². The lowest BCUT2D eigenvalue weighted by atomic mass is 10.1. The van der Waals surface area contributed by atoms with Gasteiger partial charge in [0.25, 0.3) is 0 Å². The van der Waals surface area contributed by atoms with Gasteiger partial charge in [0.1, 0.15) is 6.04 Å². The van der Waals surface area contributed by atoms with Gasteiger partial charge in [-0.15, -0.1) is 0 Å². The van der Waals surface area contributed by atoms with Gasteiger partial charge in [-0.05, 0) is 47.2 Å². The second-order valence-electron chi connectivity index (χ2n) is 4.79. The number of nitrogens with one attached hydrogen (secondary N) is 1. The molecule has 1 heterocycles. The van der Waals surface area contributed by atoms with Gasteiger partial charge < -0.3 is 20.7 Å². The molecule has 1 atom stereocenters. The Bertz CT molecular complexity index is 481. The van der Waals surface area contributed by atoms with Crippen LogP contribution >= 0.6 is 22.6 Å². The molecule has 20 heavy (non-hydrogen) atoms. The molecule has 0 bridgehead atoms. The molecule has 0 saturated carbocycles. The smallest absolute Gasteiger partial charge is 0.245 e. The molecule has 2 rings (SSSR count). The first kappa shape index (κ1) is 15.4. The van der Waals surface area contributed by atoms with Crippen LogP contribution < -0.4 is 16.0 Å². The maximum Gasteiger partial charge on any atom is 0.245 e. The molecule has 1 aromatic carbocycles. The van der Waals surface area contributed by atoms with E-state index in [2.05, 4.69) is 32.8 Å². The average molecular weight is 389 g/mol. The lowest BCUT2D eigenvalue weighted by molar-refractivity contribution is -0.124. The van der Waals surface area contributed by atoms with Gasteiger partial charge in [-0.3, -0.25) is 4.79 Å². The van der Waals surface area contributed by atoms with E-state index >= 15 is 0 Å². The molecule has 1 unspecified atom stereocenters. The molecule has 1 amide bonds. The van der Waals surface area contributed by atoms with Crippen molar-refractivity contribution < 1.29 is 9.53 Å². The number of hydrogen-bond donors (Lipinski definition) is 2. The van der Waals surface area contributed by atoms with E-state index in [1.165, 1.54) is 0 Å². The Balaban J connectivity index is 2.19. The standard InChI is InChI=1S/C14H20IN3O2/c1-2-5-17-14(19)13-9-20-7-6-18(13)12-4-3-10(16)8-11(12)15/h3-4,8,13H,2,5-7,9,16H2,1H3,(H,17,19). The SMILES string of the molecule is CCCNC(=O)C1COCCN1c1ccc(N)cc1I. The van der Waals surface area contributed by atoms with Crippen LogP contribution in [-0.4, -0.2) is 38.3 Å². The fourth-order valence-electron chi connectivity index (χ4n) is 2.23. The number of nitrogens with two attached hydrogens (primary N) is 1. The van der Waals surface area contributed by atoms with Crippen molar-refractivity contribution in [2.24, 2.45) is 0 Å². The zero-order valence-corrected chi connectivity index (χ0v) is 13.7. The first-order valence-corrected chi connectivity index (χ1v) is 7.88. The van der Waals surface area contributed by atoms with Gasteiger partial charge in [0.05, 0.1) is 18.9 Å². The summed E-state index contributed by atoms with van der Waals surface area (Å²) in [5.74, 6) is 0.0270. The van der Waals surface area contributed by atoms with Crippen LogP contribution in [0.15, 0.2) is 18.2 Å². The van der Waals surface area contributed by atoms with Crippen molar-refractivity contribution in [3.8, 4) is 0 Å². The van der Waals surface area contributed by atoms with Crippen LogP contribution in [0.25, 0.3) is 0 Å². The predicted molar refractivity (Wildman–Crippen MR) is 88.8 cm³/mol. The molecule has 1 aliphatic heterocycles. The molecule has 0 aromatic heterocycles. The fourth-order valence-corrected chi connectivity index (χ4v) is 3.08. The minimum atomic E-state index is -0.271. The normalized spacial score (nSPS) is 18.9. The lowest BCUT2D eigenvalue weighted by Crippen LogP contribution is -2.54. The Labute approximate surface area is 133 Å². The molecule has 6 heteroatoms. The first-order valence-electron chi connectivity index (χ1n) is 6.80. The third-order valence-electron chi connectivity index (χ3n) is 3.26. The van der Waals surface area contributed by atoms with Crippen molar-refractivity contribution in [2.45, 2.75) is 19.4 Å².